The van der Waals surface area contributed by atoms with E-state index in [9.17, 15) is 4.79 Å². The molecule has 0 N–H and O–H groups in total. The molecule has 1 atom stereocenters. The molecule has 0 aliphatic heterocycles. The molecule has 0 aromatic rings. The number of hydrogen-bond donors (Lipinski definition) is 0. The highest BCUT2D eigenvalue weighted by Crippen LogP contribution is 2.16. The normalized spacial score (nSPS) is 11.7. The monoisotopic (exact) mass is 342 g/mol. The van der Waals surface area contributed by atoms with E-state index in [4.69, 9.17) is 4.74 Å². The molecule has 0 saturated carbocycles. The molecule has 0 radical (unpaired) electrons. The summed E-state index contributed by atoms with van der Waals surface area (Å²) in [5.74, 6) is 0.345. The zero-order valence-corrected chi connectivity index (χ0v) is 17.3. The lowest BCUT2D eigenvalue weighted by atomic mass is 9.95. The molecule has 146 valence electrons. The van der Waals surface area contributed by atoms with E-state index in [1.165, 1.54) is 89.8 Å². The Bertz CT molecular complexity index is 212. The summed E-state index contributed by atoms with van der Waals surface area (Å²) in [5.41, 5.74) is 0. The maximum absolute atomic E-state index is 10.9. The standard InChI is InChI=1S/C16H32O.C6H14O/c1-3-5-7-9-10-12-14-16(15-17)13-11-8-6-4-2;1-3-4-5-6-7-2/h15-16H,3-14H2,1-2H3;3-6H2,1-2H3. The first kappa shape index (κ1) is 25.9. The Morgan fingerprint density at radius 1 is 0.667 bits per heavy atom. The van der Waals surface area contributed by atoms with Crippen molar-refractivity contribution in [1.29, 1.82) is 0 Å². The van der Waals surface area contributed by atoms with Gasteiger partial charge in [0.15, 0.2) is 0 Å². The summed E-state index contributed by atoms with van der Waals surface area (Å²) >= 11 is 0. The minimum atomic E-state index is 0.345. The van der Waals surface area contributed by atoms with Gasteiger partial charge in [-0.3, -0.25) is 0 Å². The second-order valence-corrected chi connectivity index (χ2v) is 7.00. The zero-order chi connectivity index (χ0) is 18.3. The van der Waals surface area contributed by atoms with Crippen molar-refractivity contribution in [2.45, 2.75) is 117 Å². The van der Waals surface area contributed by atoms with Crippen LogP contribution in [0, 0.1) is 5.92 Å². The Hall–Kier alpha value is -0.370. The number of unbranched alkanes of at least 4 members (excludes halogenated alkanes) is 10. The highest BCUT2D eigenvalue weighted by atomic mass is 16.5. The van der Waals surface area contributed by atoms with E-state index in [1.807, 2.05) is 0 Å². The maximum Gasteiger partial charge on any atom is 0.123 e. The number of carbonyl (C=O) groups is 1. The summed E-state index contributed by atoms with van der Waals surface area (Å²) in [4.78, 5) is 10.9. The number of aldehydes is 1. The van der Waals surface area contributed by atoms with E-state index in [2.05, 4.69) is 20.8 Å². The van der Waals surface area contributed by atoms with Gasteiger partial charge in [0, 0.05) is 19.6 Å². The van der Waals surface area contributed by atoms with Gasteiger partial charge in [0.2, 0.25) is 0 Å². The van der Waals surface area contributed by atoms with E-state index in [-0.39, 0.29) is 0 Å². The maximum atomic E-state index is 10.9. The van der Waals surface area contributed by atoms with Crippen molar-refractivity contribution in [3.63, 3.8) is 0 Å². The lowest BCUT2D eigenvalue weighted by molar-refractivity contribution is -0.111. The van der Waals surface area contributed by atoms with Gasteiger partial charge in [0.05, 0.1) is 0 Å². The van der Waals surface area contributed by atoms with Gasteiger partial charge in [-0.25, -0.2) is 0 Å². The van der Waals surface area contributed by atoms with Crippen LogP contribution < -0.4 is 0 Å². The van der Waals surface area contributed by atoms with Crippen molar-refractivity contribution in [3.05, 3.63) is 0 Å². The Morgan fingerprint density at radius 3 is 1.54 bits per heavy atom. The van der Waals surface area contributed by atoms with Crippen molar-refractivity contribution in [3.8, 4) is 0 Å². The highest BCUT2D eigenvalue weighted by molar-refractivity contribution is 5.53. The molecule has 0 saturated heterocycles. The first-order valence-electron chi connectivity index (χ1n) is 10.7. The molecule has 2 nitrogen and oxygen atoms in total. The van der Waals surface area contributed by atoms with Gasteiger partial charge in [0.1, 0.15) is 6.29 Å². The topological polar surface area (TPSA) is 26.3 Å². The Morgan fingerprint density at radius 2 is 1.08 bits per heavy atom. The van der Waals surface area contributed by atoms with Crippen LogP contribution in [-0.4, -0.2) is 20.0 Å². The van der Waals surface area contributed by atoms with Crippen LogP contribution in [0.15, 0.2) is 0 Å². The van der Waals surface area contributed by atoms with Gasteiger partial charge in [0.25, 0.3) is 0 Å². The van der Waals surface area contributed by atoms with Gasteiger partial charge in [-0.15, -0.1) is 0 Å². The summed E-state index contributed by atoms with van der Waals surface area (Å²) in [6.07, 6.45) is 20.4. The van der Waals surface area contributed by atoms with Gasteiger partial charge in [-0.2, -0.15) is 0 Å². The predicted octanol–water partition coefficient (Wildman–Crippen LogP) is 7.35. The van der Waals surface area contributed by atoms with Crippen LogP contribution in [-0.2, 0) is 9.53 Å². The molecule has 2 heteroatoms. The van der Waals surface area contributed by atoms with Crippen LogP contribution in [0.1, 0.15) is 117 Å². The fourth-order valence-electron chi connectivity index (χ4n) is 2.80. The number of carbonyl (C=O) groups excluding carboxylic acids is 1. The molecule has 0 aliphatic carbocycles. The van der Waals surface area contributed by atoms with E-state index >= 15 is 0 Å². The van der Waals surface area contributed by atoms with Crippen LogP contribution in [0.3, 0.4) is 0 Å². The van der Waals surface area contributed by atoms with Gasteiger partial charge in [-0.05, 0) is 19.3 Å². The van der Waals surface area contributed by atoms with Crippen molar-refractivity contribution in [1.82, 2.24) is 0 Å². The van der Waals surface area contributed by atoms with Crippen molar-refractivity contribution in [2.75, 3.05) is 13.7 Å². The first-order valence-corrected chi connectivity index (χ1v) is 10.7. The van der Waals surface area contributed by atoms with Crippen LogP contribution in [0.25, 0.3) is 0 Å². The summed E-state index contributed by atoms with van der Waals surface area (Å²) in [7, 11) is 1.75. The Balaban J connectivity index is 0. The van der Waals surface area contributed by atoms with Crippen molar-refractivity contribution in [2.24, 2.45) is 5.92 Å². The average Bonchev–Trinajstić information content (AvgIpc) is 2.61. The van der Waals surface area contributed by atoms with E-state index in [0.29, 0.717) is 5.92 Å². The fraction of sp³-hybridized carbons (Fsp3) is 0.955. The molecule has 0 aromatic carbocycles. The summed E-state index contributed by atoms with van der Waals surface area (Å²) < 4.78 is 4.84. The number of ether oxygens (including phenoxy) is 1. The van der Waals surface area contributed by atoms with Gasteiger partial charge in [-0.1, -0.05) is 97.8 Å². The van der Waals surface area contributed by atoms with Gasteiger partial charge >= 0.3 is 0 Å². The van der Waals surface area contributed by atoms with E-state index in [1.54, 1.807) is 7.11 Å². The van der Waals surface area contributed by atoms with Crippen LogP contribution in [0.5, 0.6) is 0 Å². The smallest absolute Gasteiger partial charge is 0.123 e. The predicted molar refractivity (Wildman–Crippen MR) is 108 cm³/mol. The summed E-state index contributed by atoms with van der Waals surface area (Å²) in [6, 6.07) is 0. The van der Waals surface area contributed by atoms with Crippen LogP contribution in [0.4, 0.5) is 0 Å². The molecule has 0 aliphatic rings. The molecule has 0 rings (SSSR count). The summed E-state index contributed by atoms with van der Waals surface area (Å²) in [6.45, 7) is 7.59. The minimum absolute atomic E-state index is 0.345. The second kappa shape index (κ2) is 24.9. The van der Waals surface area contributed by atoms with Gasteiger partial charge < -0.3 is 9.53 Å². The average molecular weight is 343 g/mol. The molecule has 0 amide bonds. The van der Waals surface area contributed by atoms with E-state index < -0.39 is 0 Å². The fourth-order valence-corrected chi connectivity index (χ4v) is 2.80. The third kappa shape index (κ3) is 23.9. The van der Waals surface area contributed by atoms with Crippen molar-refractivity contribution >= 4 is 6.29 Å². The summed E-state index contributed by atoms with van der Waals surface area (Å²) in [5, 5.41) is 0. The third-order valence-corrected chi connectivity index (χ3v) is 4.50. The number of methoxy groups -OCH3 is 1. The molecule has 0 spiro atoms. The highest BCUT2D eigenvalue weighted by Gasteiger charge is 2.06. The molecule has 0 aromatic heterocycles. The second-order valence-electron chi connectivity index (χ2n) is 7.00. The number of rotatable bonds is 17. The Kier molecular flexibility index (Phi) is 26.8. The first-order chi connectivity index (χ1) is 11.8. The molecular weight excluding hydrogens is 296 g/mol. The Labute approximate surface area is 153 Å². The SMILES string of the molecule is CCCCCCCCC(C=O)CCCCCC.CCCCCOC. The molecule has 24 heavy (non-hydrogen) atoms. The molecule has 0 bridgehead atoms. The van der Waals surface area contributed by atoms with Crippen LogP contribution in [0.2, 0.25) is 0 Å². The molecule has 1 unspecified atom stereocenters. The van der Waals surface area contributed by atoms with Crippen LogP contribution >= 0.6 is 0 Å². The number of hydrogen-bond acceptors (Lipinski definition) is 2. The lowest BCUT2D eigenvalue weighted by Crippen LogP contribution is -2.02. The van der Waals surface area contributed by atoms with Crippen molar-refractivity contribution < 1.29 is 9.53 Å². The molecule has 0 fully saturated rings. The minimum Gasteiger partial charge on any atom is -0.385 e. The lowest BCUT2D eigenvalue weighted by Gasteiger charge is -2.09. The third-order valence-electron chi connectivity index (χ3n) is 4.50. The van der Waals surface area contributed by atoms with E-state index in [0.717, 1.165) is 19.4 Å². The molecule has 0 heterocycles. The molecular formula is C22H46O2. The quantitative estimate of drug-likeness (QED) is 0.204. The largest absolute Gasteiger partial charge is 0.385 e. The zero-order valence-electron chi connectivity index (χ0n) is 17.3.